The van der Waals surface area contributed by atoms with Crippen LogP contribution in [0.3, 0.4) is 0 Å². The Balaban J connectivity index is 2.86. The Labute approximate surface area is 89.8 Å². The Morgan fingerprint density at radius 2 is 2.27 bits per heavy atom. The third-order valence-electron chi connectivity index (χ3n) is 2.14. The number of aromatic amines is 1. The second kappa shape index (κ2) is 3.55. The molecule has 0 radical (unpaired) electrons. The number of rotatable bonds is 2. The Morgan fingerprint density at radius 1 is 1.53 bits per heavy atom. The van der Waals surface area contributed by atoms with E-state index in [-0.39, 0.29) is 16.2 Å². The van der Waals surface area contributed by atoms with Crippen LogP contribution in [0, 0.1) is 5.82 Å². The number of halogens is 2. The first-order valence-electron chi connectivity index (χ1n) is 4.17. The summed E-state index contributed by atoms with van der Waals surface area (Å²) >= 11 is 5.66. The molecule has 0 aliphatic heterocycles. The average molecular weight is 228 g/mol. The van der Waals surface area contributed by atoms with Crippen LogP contribution >= 0.6 is 11.6 Å². The molecule has 0 aliphatic rings. The van der Waals surface area contributed by atoms with Gasteiger partial charge in [0.1, 0.15) is 5.75 Å². The van der Waals surface area contributed by atoms with E-state index < -0.39 is 5.82 Å². The molecule has 15 heavy (non-hydrogen) atoms. The molecule has 1 heterocycles. The summed E-state index contributed by atoms with van der Waals surface area (Å²) in [5, 5.41) is 0.458. The fourth-order valence-electron chi connectivity index (χ4n) is 1.45. The number of hydrogen-bond acceptors (Lipinski definition) is 2. The fraction of sp³-hybridized carbons (Fsp3) is 0.100. The summed E-state index contributed by atoms with van der Waals surface area (Å²) in [6.07, 6.45) is 0.604. The van der Waals surface area contributed by atoms with Crippen LogP contribution in [0.15, 0.2) is 12.1 Å². The second-order valence-corrected chi connectivity index (χ2v) is 3.41. The van der Waals surface area contributed by atoms with E-state index in [1.54, 1.807) is 0 Å². The molecular formula is C10H7ClFNO2. The van der Waals surface area contributed by atoms with Gasteiger partial charge in [0.25, 0.3) is 0 Å². The molecule has 0 saturated carbocycles. The van der Waals surface area contributed by atoms with Gasteiger partial charge in [-0.3, -0.25) is 4.79 Å². The zero-order valence-electron chi connectivity index (χ0n) is 7.80. The summed E-state index contributed by atoms with van der Waals surface area (Å²) < 4.78 is 18.6. The molecule has 0 aliphatic carbocycles. The Bertz CT molecular complexity index is 536. The first-order valence-corrected chi connectivity index (χ1v) is 4.55. The van der Waals surface area contributed by atoms with Crippen molar-refractivity contribution < 1.29 is 13.9 Å². The normalized spacial score (nSPS) is 10.6. The van der Waals surface area contributed by atoms with Crippen LogP contribution in [0.1, 0.15) is 10.5 Å². The maximum absolute atomic E-state index is 13.5. The Kier molecular flexibility index (Phi) is 2.36. The van der Waals surface area contributed by atoms with E-state index in [0.29, 0.717) is 17.4 Å². The van der Waals surface area contributed by atoms with Crippen LogP contribution in [0.5, 0.6) is 5.75 Å². The van der Waals surface area contributed by atoms with Gasteiger partial charge in [0.15, 0.2) is 12.1 Å². The molecule has 5 heteroatoms. The van der Waals surface area contributed by atoms with Crippen LogP contribution in [0.4, 0.5) is 4.39 Å². The lowest BCUT2D eigenvalue weighted by atomic mass is 10.2. The number of ether oxygens (including phenoxy) is 1. The number of nitrogens with one attached hydrogen (secondary N) is 1. The fourth-order valence-corrected chi connectivity index (χ4v) is 1.64. The third kappa shape index (κ3) is 1.47. The van der Waals surface area contributed by atoms with E-state index in [2.05, 4.69) is 4.98 Å². The number of aldehydes is 1. The van der Waals surface area contributed by atoms with Gasteiger partial charge in [-0.05, 0) is 6.07 Å². The van der Waals surface area contributed by atoms with Gasteiger partial charge in [0.2, 0.25) is 0 Å². The molecule has 2 rings (SSSR count). The van der Waals surface area contributed by atoms with Gasteiger partial charge in [-0.25, -0.2) is 4.39 Å². The minimum atomic E-state index is -0.583. The molecule has 0 saturated heterocycles. The first-order chi connectivity index (χ1) is 7.17. The van der Waals surface area contributed by atoms with Crippen molar-refractivity contribution >= 4 is 28.8 Å². The lowest BCUT2D eigenvalue weighted by molar-refractivity contribution is 0.112. The highest BCUT2D eigenvalue weighted by atomic mass is 35.5. The number of H-pyrrole nitrogens is 1. The number of carbonyl (C=O) groups is 1. The maximum atomic E-state index is 13.5. The van der Waals surface area contributed by atoms with E-state index in [4.69, 9.17) is 16.3 Å². The average Bonchev–Trinajstić information content (AvgIpc) is 2.67. The number of aromatic nitrogens is 1. The number of fused-ring (bicyclic) bond motifs is 1. The van der Waals surface area contributed by atoms with Gasteiger partial charge in [0.05, 0.1) is 23.3 Å². The van der Waals surface area contributed by atoms with Crippen molar-refractivity contribution in [2.24, 2.45) is 0 Å². The number of carbonyl (C=O) groups excluding carboxylic acids is 1. The van der Waals surface area contributed by atoms with E-state index in [0.717, 1.165) is 0 Å². The summed E-state index contributed by atoms with van der Waals surface area (Å²) in [7, 11) is 1.45. The van der Waals surface area contributed by atoms with Crippen LogP contribution < -0.4 is 4.74 Å². The Morgan fingerprint density at radius 3 is 2.87 bits per heavy atom. The number of hydrogen-bond donors (Lipinski definition) is 1. The van der Waals surface area contributed by atoms with E-state index in [1.807, 2.05) is 0 Å². The monoisotopic (exact) mass is 227 g/mol. The van der Waals surface area contributed by atoms with Gasteiger partial charge < -0.3 is 9.72 Å². The summed E-state index contributed by atoms with van der Waals surface area (Å²) in [4.78, 5) is 13.2. The second-order valence-electron chi connectivity index (χ2n) is 3.01. The molecule has 0 spiro atoms. The molecule has 1 aromatic heterocycles. The zero-order valence-corrected chi connectivity index (χ0v) is 8.56. The molecule has 0 unspecified atom stereocenters. The van der Waals surface area contributed by atoms with Crippen LogP contribution in [0.25, 0.3) is 10.9 Å². The number of methoxy groups -OCH3 is 1. The van der Waals surface area contributed by atoms with E-state index in [1.165, 1.54) is 19.2 Å². The van der Waals surface area contributed by atoms with Crippen molar-refractivity contribution in [2.75, 3.05) is 7.11 Å². The summed E-state index contributed by atoms with van der Waals surface area (Å²) in [5.74, 6) is -0.152. The maximum Gasteiger partial charge on any atom is 0.166 e. The molecule has 0 atom stereocenters. The van der Waals surface area contributed by atoms with Gasteiger partial charge in [-0.15, -0.1) is 0 Å². The van der Waals surface area contributed by atoms with Crippen molar-refractivity contribution in [2.45, 2.75) is 0 Å². The van der Waals surface area contributed by atoms with Gasteiger partial charge in [0, 0.05) is 11.5 Å². The summed E-state index contributed by atoms with van der Waals surface area (Å²) in [6, 6.07) is 2.89. The molecule has 0 bridgehead atoms. The highest BCUT2D eigenvalue weighted by Crippen LogP contribution is 2.32. The van der Waals surface area contributed by atoms with Crippen molar-refractivity contribution in [1.82, 2.24) is 4.98 Å². The van der Waals surface area contributed by atoms with Crippen molar-refractivity contribution in [3.8, 4) is 5.75 Å². The predicted octanol–water partition coefficient (Wildman–Crippen LogP) is 2.78. The highest BCUT2D eigenvalue weighted by molar-refractivity contribution is 6.31. The molecule has 0 fully saturated rings. The molecule has 0 amide bonds. The van der Waals surface area contributed by atoms with Crippen LogP contribution in [-0.4, -0.2) is 18.4 Å². The van der Waals surface area contributed by atoms with Gasteiger partial charge in [-0.1, -0.05) is 11.6 Å². The summed E-state index contributed by atoms with van der Waals surface area (Å²) in [5.41, 5.74) is 0.464. The first kappa shape index (κ1) is 9.98. The third-order valence-corrected chi connectivity index (χ3v) is 2.41. The summed E-state index contributed by atoms with van der Waals surface area (Å²) in [6.45, 7) is 0. The molecule has 78 valence electrons. The molecule has 1 N–H and O–H groups in total. The van der Waals surface area contributed by atoms with Gasteiger partial charge in [-0.2, -0.15) is 0 Å². The van der Waals surface area contributed by atoms with E-state index >= 15 is 0 Å². The Hall–Kier alpha value is -1.55. The van der Waals surface area contributed by atoms with Crippen molar-refractivity contribution in [1.29, 1.82) is 0 Å². The van der Waals surface area contributed by atoms with Crippen LogP contribution in [-0.2, 0) is 0 Å². The molecule has 3 nitrogen and oxygen atoms in total. The lowest BCUT2D eigenvalue weighted by Gasteiger charge is -2.03. The topological polar surface area (TPSA) is 42.1 Å². The minimum absolute atomic E-state index is 0.0429. The van der Waals surface area contributed by atoms with Crippen molar-refractivity contribution in [3.63, 3.8) is 0 Å². The smallest absolute Gasteiger partial charge is 0.166 e. The standard InChI is InChI=1S/C10H7ClFNO2/c1-15-8-3-7(11)9(12)10-6(8)2-5(4-14)13-10/h2-4,13H,1H3. The largest absolute Gasteiger partial charge is 0.496 e. The minimum Gasteiger partial charge on any atom is -0.496 e. The van der Waals surface area contributed by atoms with Crippen molar-refractivity contribution in [3.05, 3.63) is 28.7 Å². The van der Waals surface area contributed by atoms with Crippen LogP contribution in [0.2, 0.25) is 5.02 Å². The highest BCUT2D eigenvalue weighted by Gasteiger charge is 2.14. The SMILES string of the molecule is COc1cc(Cl)c(F)c2[nH]c(C=O)cc12. The quantitative estimate of drug-likeness (QED) is 0.802. The zero-order chi connectivity index (χ0) is 11.0. The molecule has 2 aromatic rings. The lowest BCUT2D eigenvalue weighted by Crippen LogP contribution is -1.87. The predicted molar refractivity (Wildman–Crippen MR) is 55.2 cm³/mol. The molecular weight excluding hydrogens is 221 g/mol. The van der Waals surface area contributed by atoms with Gasteiger partial charge >= 0.3 is 0 Å². The molecule has 1 aromatic carbocycles. The number of benzene rings is 1. The van der Waals surface area contributed by atoms with E-state index in [9.17, 15) is 9.18 Å².